The third kappa shape index (κ3) is 2.47. The molecule has 1 unspecified atom stereocenters. The van der Waals surface area contributed by atoms with Crippen LogP contribution in [0.1, 0.15) is 32.4 Å². The van der Waals surface area contributed by atoms with Gasteiger partial charge in [-0.05, 0) is 32.9 Å². The molecule has 3 nitrogen and oxygen atoms in total. The van der Waals surface area contributed by atoms with E-state index < -0.39 is 0 Å². The Balaban J connectivity index is 3.26. The first kappa shape index (κ1) is 12.8. The fourth-order valence-corrected chi connectivity index (χ4v) is 2.01. The first-order valence-electron chi connectivity index (χ1n) is 5.83. The van der Waals surface area contributed by atoms with Crippen molar-refractivity contribution < 1.29 is 4.74 Å². The van der Waals surface area contributed by atoms with E-state index in [1.807, 2.05) is 19.1 Å². The van der Waals surface area contributed by atoms with Gasteiger partial charge in [0.15, 0.2) is 0 Å². The summed E-state index contributed by atoms with van der Waals surface area (Å²) in [6, 6.07) is 6.06. The molecule has 0 saturated carbocycles. The van der Waals surface area contributed by atoms with Crippen LogP contribution < -0.4 is 15.4 Å². The summed E-state index contributed by atoms with van der Waals surface area (Å²) in [5.41, 5.74) is 8.30. The van der Waals surface area contributed by atoms with Crippen molar-refractivity contribution in [2.45, 2.75) is 26.8 Å². The highest BCUT2D eigenvalue weighted by molar-refractivity contribution is 5.60. The van der Waals surface area contributed by atoms with Crippen LogP contribution in [0.25, 0.3) is 0 Å². The summed E-state index contributed by atoms with van der Waals surface area (Å²) in [7, 11) is 1.69. The third-order valence-corrected chi connectivity index (χ3v) is 2.82. The van der Waals surface area contributed by atoms with Crippen molar-refractivity contribution in [3.8, 4) is 5.75 Å². The molecule has 0 spiro atoms. The minimum absolute atomic E-state index is 0.0215. The smallest absolute Gasteiger partial charge is 0.125 e. The molecule has 2 N–H and O–H groups in total. The Morgan fingerprint density at radius 3 is 2.38 bits per heavy atom. The quantitative estimate of drug-likeness (QED) is 0.832. The number of ether oxygens (including phenoxy) is 1. The Morgan fingerprint density at radius 1 is 1.31 bits per heavy atom. The topological polar surface area (TPSA) is 38.5 Å². The third-order valence-electron chi connectivity index (χ3n) is 2.82. The van der Waals surface area contributed by atoms with Gasteiger partial charge in [0.05, 0.1) is 7.11 Å². The molecule has 1 aromatic rings. The maximum absolute atomic E-state index is 6.03. The Hall–Kier alpha value is -1.22. The lowest BCUT2D eigenvalue weighted by Crippen LogP contribution is -2.24. The van der Waals surface area contributed by atoms with Crippen LogP contribution in [-0.4, -0.2) is 20.2 Å². The van der Waals surface area contributed by atoms with Gasteiger partial charge in [0, 0.05) is 30.4 Å². The van der Waals surface area contributed by atoms with Crippen molar-refractivity contribution in [3.63, 3.8) is 0 Å². The van der Waals surface area contributed by atoms with Crippen molar-refractivity contribution >= 4 is 5.69 Å². The summed E-state index contributed by atoms with van der Waals surface area (Å²) in [5.74, 6) is 0.874. The van der Waals surface area contributed by atoms with Crippen molar-refractivity contribution in [1.82, 2.24) is 0 Å². The van der Waals surface area contributed by atoms with Gasteiger partial charge in [-0.3, -0.25) is 0 Å². The molecular weight excluding hydrogens is 200 g/mol. The van der Waals surface area contributed by atoms with E-state index in [-0.39, 0.29) is 6.04 Å². The number of nitrogens with two attached hydrogens (primary N) is 1. The van der Waals surface area contributed by atoms with E-state index in [0.717, 1.165) is 24.4 Å². The van der Waals surface area contributed by atoms with Gasteiger partial charge in [0.25, 0.3) is 0 Å². The lowest BCUT2D eigenvalue weighted by molar-refractivity contribution is 0.407. The Bertz CT molecular complexity index is 333. The van der Waals surface area contributed by atoms with E-state index in [0.29, 0.717) is 0 Å². The summed E-state index contributed by atoms with van der Waals surface area (Å²) in [5, 5.41) is 0. The second-order valence-electron chi connectivity index (χ2n) is 3.85. The van der Waals surface area contributed by atoms with Gasteiger partial charge in [-0.25, -0.2) is 0 Å². The fraction of sp³-hybridized carbons (Fsp3) is 0.538. The average Bonchev–Trinajstić information content (AvgIpc) is 2.30. The fourth-order valence-electron chi connectivity index (χ4n) is 2.01. The average molecular weight is 222 g/mol. The maximum atomic E-state index is 6.03. The lowest BCUT2D eigenvalue weighted by atomic mass is 10.0. The van der Waals surface area contributed by atoms with E-state index >= 15 is 0 Å². The number of hydrogen-bond donors (Lipinski definition) is 1. The molecule has 0 amide bonds. The molecule has 0 bridgehead atoms. The number of methoxy groups -OCH3 is 1. The Morgan fingerprint density at radius 2 is 1.94 bits per heavy atom. The number of hydrogen-bond acceptors (Lipinski definition) is 3. The second kappa shape index (κ2) is 5.75. The van der Waals surface area contributed by atoms with Gasteiger partial charge in [0.1, 0.15) is 5.75 Å². The van der Waals surface area contributed by atoms with Crippen LogP contribution in [0.2, 0.25) is 0 Å². The summed E-state index contributed by atoms with van der Waals surface area (Å²) in [6.07, 6.45) is 0. The predicted molar refractivity (Wildman–Crippen MR) is 69.2 cm³/mol. The van der Waals surface area contributed by atoms with E-state index in [2.05, 4.69) is 24.8 Å². The molecule has 3 heteroatoms. The van der Waals surface area contributed by atoms with E-state index in [4.69, 9.17) is 10.5 Å². The molecule has 0 fully saturated rings. The van der Waals surface area contributed by atoms with E-state index in [9.17, 15) is 0 Å². The standard InChI is InChI=1S/C13H22N2O/c1-5-15(6-2)11-8-7-9-12(16-4)13(11)10(3)14/h7-10H,5-6,14H2,1-4H3. The van der Waals surface area contributed by atoms with Crippen LogP contribution in [0, 0.1) is 0 Å². The minimum atomic E-state index is -0.0215. The molecule has 0 heterocycles. The zero-order valence-electron chi connectivity index (χ0n) is 10.7. The minimum Gasteiger partial charge on any atom is -0.496 e. The van der Waals surface area contributed by atoms with Crippen LogP contribution in [0.4, 0.5) is 5.69 Å². The highest BCUT2D eigenvalue weighted by atomic mass is 16.5. The molecule has 90 valence electrons. The first-order chi connectivity index (χ1) is 7.65. The van der Waals surface area contributed by atoms with Gasteiger partial charge in [-0.1, -0.05) is 6.07 Å². The molecule has 1 aromatic carbocycles. The summed E-state index contributed by atoms with van der Waals surface area (Å²) in [6.45, 7) is 8.24. The van der Waals surface area contributed by atoms with Crippen LogP contribution in [0.3, 0.4) is 0 Å². The monoisotopic (exact) mass is 222 g/mol. The normalized spacial score (nSPS) is 12.3. The Kier molecular flexibility index (Phi) is 4.62. The molecule has 1 rings (SSSR count). The van der Waals surface area contributed by atoms with Crippen molar-refractivity contribution in [2.75, 3.05) is 25.1 Å². The zero-order chi connectivity index (χ0) is 12.1. The van der Waals surface area contributed by atoms with Gasteiger partial charge in [0.2, 0.25) is 0 Å². The number of benzene rings is 1. The van der Waals surface area contributed by atoms with Gasteiger partial charge in [-0.2, -0.15) is 0 Å². The number of rotatable bonds is 5. The second-order valence-corrected chi connectivity index (χ2v) is 3.85. The van der Waals surface area contributed by atoms with Crippen LogP contribution in [0.15, 0.2) is 18.2 Å². The lowest BCUT2D eigenvalue weighted by Gasteiger charge is -2.26. The van der Waals surface area contributed by atoms with Crippen LogP contribution in [0.5, 0.6) is 5.75 Å². The van der Waals surface area contributed by atoms with E-state index in [1.54, 1.807) is 7.11 Å². The molecule has 0 aliphatic carbocycles. The molecule has 0 radical (unpaired) electrons. The molecule has 0 aliphatic rings. The van der Waals surface area contributed by atoms with E-state index in [1.165, 1.54) is 5.69 Å². The van der Waals surface area contributed by atoms with Crippen molar-refractivity contribution in [3.05, 3.63) is 23.8 Å². The SMILES string of the molecule is CCN(CC)c1cccc(OC)c1C(C)N. The maximum Gasteiger partial charge on any atom is 0.125 e. The van der Waals surface area contributed by atoms with Gasteiger partial charge in [-0.15, -0.1) is 0 Å². The molecule has 1 atom stereocenters. The summed E-state index contributed by atoms with van der Waals surface area (Å²) in [4.78, 5) is 2.29. The number of anilines is 1. The molecule has 0 aliphatic heterocycles. The van der Waals surface area contributed by atoms with Crippen LogP contribution in [-0.2, 0) is 0 Å². The van der Waals surface area contributed by atoms with Gasteiger partial charge < -0.3 is 15.4 Å². The molecule has 16 heavy (non-hydrogen) atoms. The first-order valence-corrected chi connectivity index (χ1v) is 5.83. The zero-order valence-corrected chi connectivity index (χ0v) is 10.7. The highest BCUT2D eigenvalue weighted by Crippen LogP contribution is 2.33. The molecule has 0 aromatic heterocycles. The molecule has 0 saturated heterocycles. The summed E-state index contributed by atoms with van der Waals surface area (Å²) < 4.78 is 5.38. The Labute approximate surface area is 98.2 Å². The van der Waals surface area contributed by atoms with Crippen molar-refractivity contribution in [2.24, 2.45) is 5.73 Å². The number of nitrogens with zero attached hydrogens (tertiary/aromatic N) is 1. The predicted octanol–water partition coefficient (Wildman–Crippen LogP) is 2.56. The van der Waals surface area contributed by atoms with Crippen LogP contribution >= 0.6 is 0 Å². The van der Waals surface area contributed by atoms with Crippen molar-refractivity contribution in [1.29, 1.82) is 0 Å². The molecular formula is C13H22N2O. The largest absolute Gasteiger partial charge is 0.496 e. The summed E-state index contributed by atoms with van der Waals surface area (Å²) >= 11 is 0. The van der Waals surface area contributed by atoms with Gasteiger partial charge >= 0.3 is 0 Å². The highest BCUT2D eigenvalue weighted by Gasteiger charge is 2.15.